The van der Waals surface area contributed by atoms with Gasteiger partial charge in [-0.1, -0.05) is 0 Å². The number of nitrogens with zero attached hydrogens (tertiary/aromatic N) is 2. The largest absolute Gasteiger partial charge is 0.480 e. The average Bonchev–Trinajstić information content (AvgIpc) is 3.12. The number of aliphatic carboxylic acids is 1. The van der Waals surface area contributed by atoms with Crippen molar-refractivity contribution in [2.45, 2.75) is 51.6 Å². The highest BCUT2D eigenvalue weighted by atomic mass is 16.4. The van der Waals surface area contributed by atoms with Crippen LogP contribution < -0.4 is 0 Å². The highest BCUT2D eigenvalue weighted by Crippen LogP contribution is 2.31. The second kappa shape index (κ2) is 6.02. The molecule has 2 rings (SSSR count). The van der Waals surface area contributed by atoms with Crippen LogP contribution >= 0.6 is 0 Å². The van der Waals surface area contributed by atoms with Gasteiger partial charge in [0, 0.05) is 18.6 Å². The van der Waals surface area contributed by atoms with Gasteiger partial charge in [0.05, 0.1) is 6.54 Å². The van der Waals surface area contributed by atoms with E-state index >= 15 is 0 Å². The van der Waals surface area contributed by atoms with E-state index < -0.39 is 5.97 Å². The molecule has 0 radical (unpaired) electrons. The molecule has 1 aliphatic carbocycles. The standard InChI is InChI=1S/C14H26N2O2/c1-11(2)15-7-5-13(6-8-15)16(10-14(17)18)9-12-3-4-12/h11-13H,3-10H2,1-2H3,(H,17,18). The van der Waals surface area contributed by atoms with E-state index in [2.05, 4.69) is 23.6 Å². The lowest BCUT2D eigenvalue weighted by molar-refractivity contribution is -0.139. The van der Waals surface area contributed by atoms with Gasteiger partial charge in [0.25, 0.3) is 0 Å². The van der Waals surface area contributed by atoms with Gasteiger partial charge in [0.2, 0.25) is 0 Å². The summed E-state index contributed by atoms with van der Waals surface area (Å²) in [6.07, 6.45) is 4.83. The zero-order valence-corrected chi connectivity index (χ0v) is 11.6. The van der Waals surface area contributed by atoms with E-state index in [4.69, 9.17) is 5.11 Å². The Hall–Kier alpha value is -0.610. The van der Waals surface area contributed by atoms with E-state index in [1.165, 1.54) is 12.8 Å². The number of piperidine rings is 1. The van der Waals surface area contributed by atoms with Crippen molar-refractivity contribution in [1.82, 2.24) is 9.80 Å². The maximum absolute atomic E-state index is 11.0. The van der Waals surface area contributed by atoms with Crippen molar-refractivity contribution in [3.05, 3.63) is 0 Å². The fourth-order valence-electron chi connectivity index (χ4n) is 2.92. The molecule has 0 spiro atoms. The van der Waals surface area contributed by atoms with Crippen LogP contribution in [0.3, 0.4) is 0 Å². The Labute approximate surface area is 110 Å². The first kappa shape index (κ1) is 13.8. The summed E-state index contributed by atoms with van der Waals surface area (Å²) in [5.41, 5.74) is 0. The molecule has 18 heavy (non-hydrogen) atoms. The number of carboxylic acid groups (broad SMARTS) is 1. The highest BCUT2D eigenvalue weighted by molar-refractivity contribution is 5.69. The maximum atomic E-state index is 11.0. The van der Waals surface area contributed by atoms with Crippen molar-refractivity contribution >= 4 is 5.97 Å². The van der Waals surface area contributed by atoms with Crippen molar-refractivity contribution in [3.63, 3.8) is 0 Å². The monoisotopic (exact) mass is 254 g/mol. The smallest absolute Gasteiger partial charge is 0.317 e. The van der Waals surface area contributed by atoms with Gasteiger partial charge >= 0.3 is 5.97 Å². The van der Waals surface area contributed by atoms with E-state index in [0.717, 1.165) is 38.4 Å². The summed E-state index contributed by atoms with van der Waals surface area (Å²) in [7, 11) is 0. The molecule has 2 fully saturated rings. The van der Waals surface area contributed by atoms with Gasteiger partial charge in [0.15, 0.2) is 0 Å². The Kier molecular flexibility index (Phi) is 4.62. The summed E-state index contributed by atoms with van der Waals surface area (Å²) in [5, 5.41) is 9.04. The third-order valence-corrected chi connectivity index (χ3v) is 4.27. The number of hydrogen-bond donors (Lipinski definition) is 1. The van der Waals surface area contributed by atoms with E-state index in [1.54, 1.807) is 0 Å². The Bertz CT molecular complexity index is 282. The van der Waals surface area contributed by atoms with Crippen LogP contribution in [0.15, 0.2) is 0 Å². The van der Waals surface area contributed by atoms with Gasteiger partial charge in [-0.05, 0) is 58.5 Å². The molecule has 0 bridgehead atoms. The molecule has 1 N–H and O–H groups in total. The molecule has 0 amide bonds. The zero-order chi connectivity index (χ0) is 13.1. The van der Waals surface area contributed by atoms with E-state index in [9.17, 15) is 4.79 Å². The van der Waals surface area contributed by atoms with Gasteiger partial charge in [-0.15, -0.1) is 0 Å². The van der Waals surface area contributed by atoms with E-state index in [0.29, 0.717) is 12.1 Å². The van der Waals surface area contributed by atoms with Crippen molar-refractivity contribution in [2.75, 3.05) is 26.2 Å². The molecule has 4 nitrogen and oxygen atoms in total. The van der Waals surface area contributed by atoms with Gasteiger partial charge in [0.1, 0.15) is 0 Å². The number of carbonyl (C=O) groups is 1. The van der Waals surface area contributed by atoms with Crippen molar-refractivity contribution in [2.24, 2.45) is 5.92 Å². The molecule has 104 valence electrons. The quantitative estimate of drug-likeness (QED) is 0.783. The van der Waals surface area contributed by atoms with Crippen molar-refractivity contribution < 1.29 is 9.90 Å². The summed E-state index contributed by atoms with van der Waals surface area (Å²) < 4.78 is 0. The van der Waals surface area contributed by atoms with Crippen LogP contribution in [-0.2, 0) is 4.79 Å². The molecule has 1 saturated heterocycles. The van der Waals surface area contributed by atoms with Crippen LogP contribution in [0.5, 0.6) is 0 Å². The number of rotatable bonds is 6. The molecular formula is C14H26N2O2. The lowest BCUT2D eigenvalue weighted by Gasteiger charge is -2.39. The van der Waals surface area contributed by atoms with Crippen LogP contribution in [0.1, 0.15) is 39.5 Å². The molecule has 1 heterocycles. The molecule has 0 aromatic carbocycles. The van der Waals surface area contributed by atoms with Gasteiger partial charge in [-0.2, -0.15) is 0 Å². The predicted octanol–water partition coefficient (Wildman–Crippen LogP) is 1.66. The third kappa shape index (κ3) is 3.95. The second-order valence-corrected chi connectivity index (χ2v) is 6.13. The van der Waals surface area contributed by atoms with Crippen LogP contribution in [0, 0.1) is 5.92 Å². The topological polar surface area (TPSA) is 43.8 Å². The first-order valence-electron chi connectivity index (χ1n) is 7.26. The number of likely N-dealkylation sites (tertiary alicyclic amines) is 1. The van der Waals surface area contributed by atoms with Crippen LogP contribution in [0.2, 0.25) is 0 Å². The zero-order valence-electron chi connectivity index (χ0n) is 11.6. The summed E-state index contributed by atoms with van der Waals surface area (Å²) in [6.45, 7) is 7.92. The minimum atomic E-state index is -0.679. The van der Waals surface area contributed by atoms with Gasteiger partial charge in [-0.25, -0.2) is 0 Å². The molecule has 1 aliphatic heterocycles. The average molecular weight is 254 g/mol. The van der Waals surface area contributed by atoms with Gasteiger partial charge in [-0.3, -0.25) is 9.69 Å². The SMILES string of the molecule is CC(C)N1CCC(N(CC(=O)O)CC2CC2)CC1. The molecule has 0 aromatic rings. The third-order valence-electron chi connectivity index (χ3n) is 4.27. The van der Waals surface area contributed by atoms with E-state index in [1.807, 2.05) is 0 Å². The molecule has 0 aromatic heterocycles. The van der Waals surface area contributed by atoms with Crippen molar-refractivity contribution in [3.8, 4) is 0 Å². The fraction of sp³-hybridized carbons (Fsp3) is 0.929. The first-order valence-corrected chi connectivity index (χ1v) is 7.26. The summed E-state index contributed by atoms with van der Waals surface area (Å²) in [6, 6.07) is 1.10. The molecule has 0 atom stereocenters. The number of hydrogen-bond acceptors (Lipinski definition) is 3. The molecular weight excluding hydrogens is 228 g/mol. The summed E-state index contributed by atoms with van der Waals surface area (Å²) in [4.78, 5) is 15.7. The Morgan fingerprint density at radius 1 is 1.28 bits per heavy atom. The normalized spacial score (nSPS) is 22.9. The fourth-order valence-corrected chi connectivity index (χ4v) is 2.92. The Morgan fingerprint density at radius 2 is 1.89 bits per heavy atom. The molecule has 1 saturated carbocycles. The van der Waals surface area contributed by atoms with E-state index in [-0.39, 0.29) is 6.54 Å². The number of carboxylic acids is 1. The lowest BCUT2D eigenvalue weighted by atomic mass is 10.0. The van der Waals surface area contributed by atoms with Crippen molar-refractivity contribution in [1.29, 1.82) is 0 Å². The maximum Gasteiger partial charge on any atom is 0.317 e. The molecule has 2 aliphatic rings. The first-order chi connectivity index (χ1) is 8.56. The summed E-state index contributed by atoms with van der Waals surface area (Å²) in [5.74, 6) is 0.0921. The minimum Gasteiger partial charge on any atom is -0.480 e. The molecule has 4 heteroatoms. The minimum absolute atomic E-state index is 0.225. The van der Waals surface area contributed by atoms with Crippen LogP contribution in [0.25, 0.3) is 0 Å². The van der Waals surface area contributed by atoms with Crippen LogP contribution in [0.4, 0.5) is 0 Å². The Balaban J connectivity index is 1.84. The lowest BCUT2D eigenvalue weighted by Crippen LogP contribution is -2.48. The highest BCUT2D eigenvalue weighted by Gasteiger charge is 2.31. The summed E-state index contributed by atoms with van der Waals surface area (Å²) >= 11 is 0. The molecule has 0 unspecified atom stereocenters. The van der Waals surface area contributed by atoms with Gasteiger partial charge < -0.3 is 10.0 Å². The Morgan fingerprint density at radius 3 is 2.33 bits per heavy atom. The van der Waals surface area contributed by atoms with Crippen LogP contribution in [-0.4, -0.2) is 59.1 Å². The second-order valence-electron chi connectivity index (χ2n) is 6.13. The predicted molar refractivity (Wildman–Crippen MR) is 71.7 cm³/mol.